The van der Waals surface area contributed by atoms with E-state index < -0.39 is 0 Å². The van der Waals surface area contributed by atoms with Crippen LogP contribution in [0.15, 0.2) is 29.1 Å². The predicted molar refractivity (Wildman–Crippen MR) is 129 cm³/mol. The number of likely N-dealkylation sites (tertiary alicyclic amines) is 1. The van der Waals surface area contributed by atoms with Gasteiger partial charge in [0.2, 0.25) is 5.95 Å². The Morgan fingerprint density at radius 1 is 1.03 bits per heavy atom. The summed E-state index contributed by atoms with van der Waals surface area (Å²) in [6.45, 7) is 3.80. The molecule has 0 amide bonds. The van der Waals surface area contributed by atoms with Crippen LogP contribution in [-0.4, -0.2) is 53.6 Å². The van der Waals surface area contributed by atoms with Crippen LogP contribution < -0.4 is 15.2 Å². The zero-order chi connectivity index (χ0) is 22.5. The summed E-state index contributed by atoms with van der Waals surface area (Å²) in [4.78, 5) is 30.7. The summed E-state index contributed by atoms with van der Waals surface area (Å²) in [6.07, 6.45) is 5.48. The minimum Gasteiger partial charge on any atom is -0.497 e. The lowest BCUT2D eigenvalue weighted by Crippen LogP contribution is -2.34. The molecule has 172 valence electrons. The molecule has 7 nitrogen and oxygen atoms in total. The Hall–Kier alpha value is -2.93. The summed E-state index contributed by atoms with van der Waals surface area (Å²) in [5.41, 5.74) is 5.40. The lowest BCUT2D eigenvalue weighted by atomic mass is 9.92. The van der Waals surface area contributed by atoms with Crippen LogP contribution in [0.25, 0.3) is 10.9 Å². The first-order chi connectivity index (χ1) is 16.1. The van der Waals surface area contributed by atoms with Gasteiger partial charge in [0, 0.05) is 42.9 Å². The van der Waals surface area contributed by atoms with Crippen molar-refractivity contribution in [1.82, 2.24) is 19.9 Å². The number of piperidine rings is 1. The zero-order valence-electron chi connectivity index (χ0n) is 19.4. The van der Waals surface area contributed by atoms with Gasteiger partial charge in [-0.25, -0.2) is 4.98 Å². The number of aromatic nitrogens is 3. The smallest absolute Gasteiger partial charge is 0.260 e. The highest BCUT2D eigenvalue weighted by atomic mass is 16.5. The molecule has 3 aromatic rings. The molecule has 1 N–H and O–H groups in total. The second kappa shape index (κ2) is 8.13. The molecule has 3 aliphatic rings. The highest BCUT2D eigenvalue weighted by Crippen LogP contribution is 2.43. The number of H-pyrrole nitrogens is 1. The molecule has 1 aliphatic carbocycles. The van der Waals surface area contributed by atoms with Gasteiger partial charge in [0.1, 0.15) is 5.75 Å². The van der Waals surface area contributed by atoms with Crippen molar-refractivity contribution in [3.05, 3.63) is 57.1 Å². The van der Waals surface area contributed by atoms with Gasteiger partial charge in [0.15, 0.2) is 0 Å². The van der Waals surface area contributed by atoms with Crippen LogP contribution in [0.5, 0.6) is 5.75 Å². The second-order valence-corrected chi connectivity index (χ2v) is 9.87. The number of nitrogens with one attached hydrogen (secondary N) is 1. The summed E-state index contributed by atoms with van der Waals surface area (Å²) in [7, 11) is 3.86. The Morgan fingerprint density at radius 2 is 1.85 bits per heavy atom. The van der Waals surface area contributed by atoms with Crippen molar-refractivity contribution < 1.29 is 4.74 Å². The van der Waals surface area contributed by atoms with E-state index in [0.717, 1.165) is 55.7 Å². The van der Waals surface area contributed by atoms with Crippen LogP contribution in [0.4, 0.5) is 5.95 Å². The SMILES string of the molecule is COc1cc(C2CC2)c2c(=O)[nH]c(N3CCc4nc(C5CCN(C)CC5)ccc4C3)nc2c1. The number of ether oxygens (including phenoxy) is 1. The molecule has 7 heteroatoms. The molecule has 2 aromatic heterocycles. The Balaban J connectivity index is 1.29. The van der Waals surface area contributed by atoms with E-state index in [2.05, 4.69) is 34.0 Å². The molecule has 2 aliphatic heterocycles. The number of hydrogen-bond acceptors (Lipinski definition) is 6. The molecule has 1 aromatic carbocycles. The summed E-state index contributed by atoms with van der Waals surface area (Å²) in [6, 6.07) is 8.33. The van der Waals surface area contributed by atoms with Crippen LogP contribution in [0.3, 0.4) is 0 Å². The van der Waals surface area contributed by atoms with Gasteiger partial charge < -0.3 is 14.5 Å². The third-order valence-electron chi connectivity index (χ3n) is 7.56. The van der Waals surface area contributed by atoms with E-state index in [0.29, 0.717) is 29.7 Å². The van der Waals surface area contributed by atoms with E-state index in [1.807, 2.05) is 12.1 Å². The number of aromatic amines is 1. The lowest BCUT2D eigenvalue weighted by Gasteiger charge is -2.31. The Bertz CT molecular complexity index is 1260. The number of nitrogens with zero attached hydrogens (tertiary/aromatic N) is 4. The molecular weight excluding hydrogens is 414 g/mol. The minimum absolute atomic E-state index is 0.0545. The molecule has 4 heterocycles. The molecule has 1 saturated heterocycles. The highest BCUT2D eigenvalue weighted by Gasteiger charge is 2.29. The van der Waals surface area contributed by atoms with Crippen molar-refractivity contribution in [2.24, 2.45) is 0 Å². The molecule has 0 radical (unpaired) electrons. The van der Waals surface area contributed by atoms with Crippen LogP contribution in [0, 0.1) is 0 Å². The average Bonchev–Trinajstić information content (AvgIpc) is 3.68. The van der Waals surface area contributed by atoms with Crippen molar-refractivity contribution in [2.45, 2.75) is 50.5 Å². The van der Waals surface area contributed by atoms with Crippen LogP contribution in [0.2, 0.25) is 0 Å². The van der Waals surface area contributed by atoms with Crippen LogP contribution in [0.1, 0.15) is 60.0 Å². The maximum Gasteiger partial charge on any atom is 0.260 e. The molecule has 0 spiro atoms. The van der Waals surface area contributed by atoms with Crippen molar-refractivity contribution in [1.29, 1.82) is 0 Å². The lowest BCUT2D eigenvalue weighted by molar-refractivity contribution is 0.253. The van der Waals surface area contributed by atoms with Crippen molar-refractivity contribution in [2.75, 3.05) is 38.7 Å². The Labute approximate surface area is 193 Å². The van der Waals surface area contributed by atoms with Crippen LogP contribution >= 0.6 is 0 Å². The topological polar surface area (TPSA) is 74.4 Å². The van der Waals surface area contributed by atoms with Crippen molar-refractivity contribution in [3.8, 4) is 5.75 Å². The maximum atomic E-state index is 13.1. The van der Waals surface area contributed by atoms with Gasteiger partial charge in [-0.3, -0.25) is 14.8 Å². The van der Waals surface area contributed by atoms with Gasteiger partial charge in [-0.1, -0.05) is 6.07 Å². The molecular formula is C26H31N5O2. The average molecular weight is 446 g/mol. The predicted octanol–water partition coefficient (Wildman–Crippen LogP) is 3.58. The third-order valence-corrected chi connectivity index (χ3v) is 7.56. The number of pyridine rings is 1. The number of rotatable bonds is 4. The fourth-order valence-electron chi connectivity index (χ4n) is 5.39. The fraction of sp³-hybridized carbons (Fsp3) is 0.500. The number of hydrogen-bond donors (Lipinski definition) is 1. The quantitative estimate of drug-likeness (QED) is 0.662. The van der Waals surface area contributed by atoms with E-state index in [4.69, 9.17) is 14.7 Å². The Kier molecular flexibility index (Phi) is 5.09. The van der Waals surface area contributed by atoms with Gasteiger partial charge in [0.05, 0.1) is 18.0 Å². The fourth-order valence-corrected chi connectivity index (χ4v) is 5.39. The first kappa shape index (κ1) is 20.7. The summed E-state index contributed by atoms with van der Waals surface area (Å²) < 4.78 is 5.50. The third kappa shape index (κ3) is 3.88. The number of methoxy groups -OCH3 is 1. The molecule has 0 atom stereocenters. The molecule has 33 heavy (non-hydrogen) atoms. The molecule has 2 fully saturated rings. The number of benzene rings is 1. The largest absolute Gasteiger partial charge is 0.497 e. The molecule has 0 unspecified atom stereocenters. The van der Waals surface area contributed by atoms with Gasteiger partial charge in [-0.2, -0.15) is 0 Å². The zero-order valence-corrected chi connectivity index (χ0v) is 19.4. The highest BCUT2D eigenvalue weighted by molar-refractivity contribution is 5.85. The number of anilines is 1. The van der Waals surface area contributed by atoms with E-state index in [1.165, 1.54) is 29.8 Å². The minimum atomic E-state index is -0.0545. The van der Waals surface area contributed by atoms with E-state index in [1.54, 1.807) is 7.11 Å². The number of fused-ring (bicyclic) bond motifs is 2. The normalized spacial score (nSPS) is 19.6. The van der Waals surface area contributed by atoms with Gasteiger partial charge >= 0.3 is 0 Å². The first-order valence-corrected chi connectivity index (χ1v) is 12.1. The van der Waals surface area contributed by atoms with Gasteiger partial charge in [-0.05, 0) is 75.0 Å². The van der Waals surface area contributed by atoms with Gasteiger partial charge in [-0.15, -0.1) is 0 Å². The molecule has 0 bridgehead atoms. The second-order valence-electron chi connectivity index (χ2n) is 9.87. The van der Waals surface area contributed by atoms with Crippen molar-refractivity contribution >= 4 is 16.9 Å². The summed E-state index contributed by atoms with van der Waals surface area (Å²) in [5, 5.41) is 0.712. The first-order valence-electron chi connectivity index (χ1n) is 12.1. The van der Waals surface area contributed by atoms with E-state index in [-0.39, 0.29) is 5.56 Å². The maximum absolute atomic E-state index is 13.1. The van der Waals surface area contributed by atoms with Gasteiger partial charge in [0.25, 0.3) is 5.56 Å². The summed E-state index contributed by atoms with van der Waals surface area (Å²) in [5.74, 6) is 2.41. The monoisotopic (exact) mass is 445 g/mol. The van der Waals surface area contributed by atoms with E-state index >= 15 is 0 Å². The van der Waals surface area contributed by atoms with E-state index in [9.17, 15) is 4.79 Å². The summed E-state index contributed by atoms with van der Waals surface area (Å²) >= 11 is 0. The molecule has 1 saturated carbocycles. The van der Waals surface area contributed by atoms with Crippen LogP contribution in [-0.2, 0) is 13.0 Å². The standard InChI is InChI=1S/C26H31N5O2/c1-30-10-7-17(8-11-30)21-6-5-18-15-31(12-9-22(18)27-21)26-28-23-14-19(33-2)13-20(16-3-4-16)24(23)25(32)29-26/h5-6,13-14,16-17H,3-4,7-12,15H2,1-2H3,(H,28,29,32). The van der Waals surface area contributed by atoms with Crippen molar-refractivity contribution in [3.63, 3.8) is 0 Å². The Morgan fingerprint density at radius 3 is 2.61 bits per heavy atom. The molecule has 6 rings (SSSR count).